The van der Waals surface area contributed by atoms with Crippen LogP contribution in [0.4, 0.5) is 4.79 Å². The minimum absolute atomic E-state index is 0.155. The lowest BCUT2D eigenvalue weighted by Crippen LogP contribution is -3.15. The van der Waals surface area contributed by atoms with E-state index in [0.29, 0.717) is 42.9 Å². The van der Waals surface area contributed by atoms with Gasteiger partial charge in [0.25, 0.3) is 15.9 Å². The minimum Gasteiger partial charge on any atom is -0.338 e. The van der Waals surface area contributed by atoms with Gasteiger partial charge in [-0.2, -0.15) is 4.31 Å². The molecule has 3 N–H and O–H groups in total. The molecular formula is C15H25N4O4S2+. The molecular weight excluding hydrogens is 364 g/mol. The SMILES string of the molecule is CC(C)CNC(=O)NC(=O)C[NH+]1CCN(S(=O)(=O)c2cccs2)CC1. The standard InChI is InChI=1S/C15H24N4O4S2/c1-12(2)10-16-15(21)17-13(20)11-18-5-7-19(8-6-18)25(22,23)14-4-3-9-24-14/h3-4,9,12H,5-8,10-11H2,1-2H3,(H2,16,17,20,21)/p+1. The predicted octanol–water partition coefficient (Wildman–Crippen LogP) is -0.881. The number of piperazine rings is 1. The molecule has 1 aromatic heterocycles. The molecule has 0 unspecified atom stereocenters. The van der Waals surface area contributed by atoms with Crippen molar-refractivity contribution in [2.24, 2.45) is 5.92 Å². The first-order chi connectivity index (χ1) is 11.8. The van der Waals surface area contributed by atoms with Gasteiger partial charge < -0.3 is 10.2 Å². The average Bonchev–Trinajstić information content (AvgIpc) is 3.08. The van der Waals surface area contributed by atoms with Crippen molar-refractivity contribution in [1.82, 2.24) is 14.9 Å². The van der Waals surface area contributed by atoms with E-state index in [-0.39, 0.29) is 12.5 Å². The van der Waals surface area contributed by atoms with Crippen molar-refractivity contribution in [3.8, 4) is 0 Å². The van der Waals surface area contributed by atoms with Gasteiger partial charge in [-0.25, -0.2) is 13.2 Å². The number of sulfonamides is 1. The third kappa shape index (κ3) is 5.77. The fourth-order valence-corrected chi connectivity index (χ4v) is 5.08. The van der Waals surface area contributed by atoms with Crippen molar-refractivity contribution < 1.29 is 22.9 Å². The molecule has 8 nitrogen and oxygen atoms in total. The molecule has 0 bridgehead atoms. The average molecular weight is 390 g/mol. The van der Waals surface area contributed by atoms with Crippen molar-refractivity contribution in [3.05, 3.63) is 17.5 Å². The monoisotopic (exact) mass is 389 g/mol. The van der Waals surface area contributed by atoms with Gasteiger partial charge in [0.15, 0.2) is 6.54 Å². The summed E-state index contributed by atoms with van der Waals surface area (Å²) in [5.74, 6) is -0.0457. The van der Waals surface area contributed by atoms with Gasteiger partial charge in [-0.15, -0.1) is 11.3 Å². The summed E-state index contributed by atoms with van der Waals surface area (Å²) in [4.78, 5) is 24.4. The highest BCUT2D eigenvalue weighted by molar-refractivity contribution is 7.91. The molecule has 0 atom stereocenters. The summed E-state index contributed by atoms with van der Waals surface area (Å²) < 4.78 is 26.7. The van der Waals surface area contributed by atoms with Crippen molar-refractivity contribution in [1.29, 1.82) is 0 Å². The zero-order valence-corrected chi connectivity index (χ0v) is 16.1. The van der Waals surface area contributed by atoms with E-state index in [9.17, 15) is 18.0 Å². The maximum absolute atomic E-state index is 12.4. The van der Waals surface area contributed by atoms with Crippen molar-refractivity contribution in [3.63, 3.8) is 0 Å². The normalized spacial score (nSPS) is 16.8. The molecule has 0 radical (unpaired) electrons. The summed E-state index contributed by atoms with van der Waals surface area (Å²) in [7, 11) is -3.43. The number of rotatable bonds is 6. The van der Waals surface area contributed by atoms with E-state index in [0.717, 1.165) is 4.90 Å². The Morgan fingerprint density at radius 1 is 1.32 bits per heavy atom. The number of urea groups is 1. The van der Waals surface area contributed by atoms with Gasteiger partial charge in [-0.1, -0.05) is 19.9 Å². The van der Waals surface area contributed by atoms with E-state index in [1.54, 1.807) is 17.5 Å². The Morgan fingerprint density at radius 2 is 2.00 bits per heavy atom. The summed E-state index contributed by atoms with van der Waals surface area (Å²) in [5, 5.41) is 6.67. The van der Waals surface area contributed by atoms with E-state index in [1.807, 2.05) is 13.8 Å². The molecule has 1 aliphatic rings. The van der Waals surface area contributed by atoms with E-state index in [1.165, 1.54) is 15.6 Å². The number of amides is 3. The van der Waals surface area contributed by atoms with Gasteiger partial charge in [-0.05, 0) is 17.4 Å². The van der Waals surface area contributed by atoms with Crippen molar-refractivity contribution >= 4 is 33.3 Å². The molecule has 3 amide bonds. The Labute approximate surface area is 152 Å². The molecule has 140 valence electrons. The van der Waals surface area contributed by atoms with Crippen LogP contribution in [-0.4, -0.2) is 63.9 Å². The predicted molar refractivity (Wildman–Crippen MR) is 95.0 cm³/mol. The topological polar surface area (TPSA) is 100 Å². The van der Waals surface area contributed by atoms with E-state index in [4.69, 9.17) is 0 Å². The Kier molecular flexibility index (Phi) is 6.94. The molecule has 0 aliphatic carbocycles. The van der Waals surface area contributed by atoms with Crippen LogP contribution in [0.5, 0.6) is 0 Å². The van der Waals surface area contributed by atoms with E-state index >= 15 is 0 Å². The molecule has 0 aromatic carbocycles. The lowest BCUT2D eigenvalue weighted by Gasteiger charge is -2.30. The molecule has 1 aliphatic heterocycles. The molecule has 1 saturated heterocycles. The van der Waals surface area contributed by atoms with Crippen LogP contribution in [0.15, 0.2) is 21.7 Å². The first-order valence-electron chi connectivity index (χ1n) is 8.24. The smallest absolute Gasteiger partial charge is 0.321 e. The summed E-state index contributed by atoms with van der Waals surface area (Å²) in [6.45, 7) is 6.39. The molecule has 0 saturated carbocycles. The summed E-state index contributed by atoms with van der Waals surface area (Å²) in [5.41, 5.74) is 0. The number of thiophene rings is 1. The largest absolute Gasteiger partial charge is 0.338 e. The van der Waals surface area contributed by atoms with Crippen LogP contribution in [0.3, 0.4) is 0 Å². The van der Waals surface area contributed by atoms with Crippen LogP contribution in [0.1, 0.15) is 13.8 Å². The van der Waals surface area contributed by atoms with Crippen LogP contribution in [0.2, 0.25) is 0 Å². The van der Waals surface area contributed by atoms with Crippen molar-refractivity contribution in [2.45, 2.75) is 18.1 Å². The van der Waals surface area contributed by atoms with Crippen molar-refractivity contribution in [2.75, 3.05) is 39.3 Å². The highest BCUT2D eigenvalue weighted by atomic mass is 32.2. The molecule has 2 rings (SSSR count). The number of imide groups is 1. The van der Waals surface area contributed by atoms with Crippen LogP contribution in [0, 0.1) is 5.92 Å². The zero-order valence-electron chi connectivity index (χ0n) is 14.4. The summed E-state index contributed by atoms with van der Waals surface area (Å²) >= 11 is 1.20. The first-order valence-corrected chi connectivity index (χ1v) is 10.6. The number of hydrogen-bond acceptors (Lipinski definition) is 5. The van der Waals surface area contributed by atoms with Gasteiger partial charge in [-0.3, -0.25) is 10.1 Å². The quantitative estimate of drug-likeness (QED) is 0.588. The Bertz CT molecular complexity index is 680. The molecule has 25 heavy (non-hydrogen) atoms. The fraction of sp³-hybridized carbons (Fsp3) is 0.600. The number of nitrogens with zero attached hydrogens (tertiary/aromatic N) is 1. The molecule has 1 fully saturated rings. The van der Waals surface area contributed by atoms with Crippen LogP contribution in [0.25, 0.3) is 0 Å². The maximum atomic E-state index is 12.4. The van der Waals surface area contributed by atoms with Gasteiger partial charge in [0.2, 0.25) is 0 Å². The van der Waals surface area contributed by atoms with E-state index < -0.39 is 16.1 Å². The number of hydrogen-bond donors (Lipinski definition) is 3. The van der Waals surface area contributed by atoms with Gasteiger partial charge in [0.05, 0.1) is 26.2 Å². The van der Waals surface area contributed by atoms with Crippen LogP contribution >= 0.6 is 11.3 Å². The Hall–Kier alpha value is -1.49. The summed E-state index contributed by atoms with van der Waals surface area (Å²) in [6.07, 6.45) is 0. The molecule has 2 heterocycles. The second-order valence-electron chi connectivity index (χ2n) is 6.41. The van der Waals surface area contributed by atoms with Gasteiger partial charge >= 0.3 is 6.03 Å². The Morgan fingerprint density at radius 3 is 2.56 bits per heavy atom. The molecule has 0 spiro atoms. The minimum atomic E-state index is -3.43. The second kappa shape index (κ2) is 8.75. The van der Waals surface area contributed by atoms with Gasteiger partial charge in [0.1, 0.15) is 4.21 Å². The molecule has 10 heteroatoms. The first kappa shape index (κ1) is 19.8. The summed E-state index contributed by atoms with van der Waals surface area (Å²) in [6, 6.07) is 2.83. The van der Waals surface area contributed by atoms with E-state index in [2.05, 4.69) is 10.6 Å². The lowest BCUT2D eigenvalue weighted by molar-refractivity contribution is -0.895. The zero-order chi connectivity index (χ0) is 18.4. The number of nitrogens with one attached hydrogen (secondary N) is 3. The highest BCUT2D eigenvalue weighted by Crippen LogP contribution is 2.20. The van der Waals surface area contributed by atoms with Crippen LogP contribution < -0.4 is 15.5 Å². The highest BCUT2D eigenvalue weighted by Gasteiger charge is 2.31. The maximum Gasteiger partial charge on any atom is 0.321 e. The molecule has 1 aromatic rings. The lowest BCUT2D eigenvalue weighted by atomic mass is 10.2. The number of carbonyl (C=O) groups is 2. The van der Waals surface area contributed by atoms with Gasteiger partial charge in [0, 0.05) is 6.54 Å². The fourth-order valence-electron chi connectivity index (χ4n) is 2.50. The Balaban J connectivity index is 1.77. The second-order valence-corrected chi connectivity index (χ2v) is 9.53. The third-order valence-corrected chi connectivity index (χ3v) is 7.12. The number of carbonyl (C=O) groups excluding carboxylic acids is 2. The number of quaternary nitrogens is 1. The third-order valence-electron chi connectivity index (χ3n) is 3.85. The van der Waals surface area contributed by atoms with Crippen LogP contribution in [-0.2, 0) is 14.8 Å².